The summed E-state index contributed by atoms with van der Waals surface area (Å²) in [5, 5.41) is 0. The maximum atomic E-state index is 4.37. The monoisotopic (exact) mass is 240 g/mol. The van der Waals surface area contributed by atoms with Gasteiger partial charge in [-0.15, -0.1) is 0 Å². The van der Waals surface area contributed by atoms with Crippen LogP contribution in [0.25, 0.3) is 0 Å². The van der Waals surface area contributed by atoms with Gasteiger partial charge in [-0.25, -0.2) is 0 Å². The first kappa shape index (κ1) is 15.5. The van der Waals surface area contributed by atoms with Crippen molar-refractivity contribution < 1.29 is 0 Å². The van der Waals surface area contributed by atoms with Crippen LogP contribution in [0.1, 0.15) is 31.9 Å². The first-order valence-electron chi connectivity index (χ1n) is 5.90. The SMILES string of the molecule is CC.CN1CCC(c2ccccn2)C1.CS. The fraction of sp³-hybridized carbons (Fsp3) is 0.615. The van der Waals surface area contributed by atoms with Crippen LogP contribution in [0.15, 0.2) is 24.4 Å². The van der Waals surface area contributed by atoms with Gasteiger partial charge in [0, 0.05) is 24.4 Å². The van der Waals surface area contributed by atoms with Gasteiger partial charge < -0.3 is 4.90 Å². The zero-order valence-corrected chi connectivity index (χ0v) is 11.7. The van der Waals surface area contributed by atoms with Crippen LogP contribution in [0.4, 0.5) is 0 Å². The van der Waals surface area contributed by atoms with Crippen LogP contribution in [-0.4, -0.2) is 36.3 Å². The molecule has 2 rings (SSSR count). The van der Waals surface area contributed by atoms with Crippen molar-refractivity contribution in [2.75, 3.05) is 26.4 Å². The van der Waals surface area contributed by atoms with Gasteiger partial charge in [0.1, 0.15) is 0 Å². The summed E-state index contributed by atoms with van der Waals surface area (Å²) in [5.74, 6) is 0.663. The second kappa shape index (κ2) is 9.67. The van der Waals surface area contributed by atoms with Crippen LogP contribution in [0, 0.1) is 0 Å². The minimum absolute atomic E-state index is 0.663. The van der Waals surface area contributed by atoms with Gasteiger partial charge in [-0.05, 0) is 38.4 Å². The van der Waals surface area contributed by atoms with Gasteiger partial charge in [-0.3, -0.25) is 4.98 Å². The summed E-state index contributed by atoms with van der Waals surface area (Å²) in [6.45, 7) is 6.37. The van der Waals surface area contributed by atoms with Crippen LogP contribution in [0.2, 0.25) is 0 Å². The third kappa shape index (κ3) is 4.99. The molecular weight excluding hydrogens is 216 g/mol. The highest BCUT2D eigenvalue weighted by Gasteiger charge is 2.21. The van der Waals surface area contributed by atoms with Crippen LogP contribution in [0.3, 0.4) is 0 Å². The van der Waals surface area contributed by atoms with Crippen molar-refractivity contribution in [2.45, 2.75) is 26.2 Å². The van der Waals surface area contributed by atoms with Crippen molar-refractivity contribution in [2.24, 2.45) is 0 Å². The number of rotatable bonds is 1. The molecule has 3 heteroatoms. The number of hydrogen-bond donors (Lipinski definition) is 1. The molecule has 1 aromatic rings. The molecule has 0 spiro atoms. The molecule has 0 N–H and O–H groups in total. The Morgan fingerprint density at radius 3 is 2.44 bits per heavy atom. The van der Waals surface area contributed by atoms with E-state index in [9.17, 15) is 0 Å². The Morgan fingerprint density at radius 2 is 2.00 bits per heavy atom. The minimum Gasteiger partial charge on any atom is -0.306 e. The average molecular weight is 240 g/mol. The predicted octanol–water partition coefficient (Wildman–Crippen LogP) is 3.07. The van der Waals surface area contributed by atoms with E-state index in [0.29, 0.717) is 5.92 Å². The smallest absolute Gasteiger partial charge is 0.0447 e. The summed E-state index contributed by atoms with van der Waals surface area (Å²) in [7, 11) is 2.17. The van der Waals surface area contributed by atoms with E-state index >= 15 is 0 Å². The molecule has 1 atom stereocenters. The van der Waals surface area contributed by atoms with Crippen molar-refractivity contribution in [1.29, 1.82) is 0 Å². The van der Waals surface area contributed by atoms with Crippen LogP contribution >= 0.6 is 12.6 Å². The second-order valence-electron chi connectivity index (χ2n) is 3.50. The van der Waals surface area contributed by atoms with E-state index in [1.807, 2.05) is 26.1 Å². The van der Waals surface area contributed by atoms with Gasteiger partial charge in [-0.2, -0.15) is 12.6 Å². The molecular formula is C13H24N2S. The topological polar surface area (TPSA) is 16.1 Å². The number of hydrogen-bond acceptors (Lipinski definition) is 3. The van der Waals surface area contributed by atoms with Crippen molar-refractivity contribution in [3.05, 3.63) is 30.1 Å². The van der Waals surface area contributed by atoms with Crippen molar-refractivity contribution in [3.8, 4) is 0 Å². The maximum absolute atomic E-state index is 4.37. The summed E-state index contributed by atoms with van der Waals surface area (Å²) in [5.41, 5.74) is 1.25. The van der Waals surface area contributed by atoms with Gasteiger partial charge in [-0.1, -0.05) is 19.9 Å². The number of aromatic nitrogens is 1. The number of likely N-dealkylation sites (N-methyl/N-ethyl adjacent to an activating group) is 1. The number of likely N-dealkylation sites (tertiary alicyclic amines) is 1. The molecule has 1 aliphatic rings. The van der Waals surface area contributed by atoms with E-state index in [1.54, 1.807) is 6.26 Å². The van der Waals surface area contributed by atoms with E-state index in [4.69, 9.17) is 0 Å². The van der Waals surface area contributed by atoms with Gasteiger partial charge >= 0.3 is 0 Å². The quantitative estimate of drug-likeness (QED) is 0.759. The Balaban J connectivity index is 0.000000509. The van der Waals surface area contributed by atoms with E-state index in [0.717, 1.165) is 6.54 Å². The molecule has 0 saturated carbocycles. The van der Waals surface area contributed by atoms with Gasteiger partial charge in [0.15, 0.2) is 0 Å². The maximum Gasteiger partial charge on any atom is 0.0447 e. The lowest BCUT2D eigenvalue weighted by atomic mass is 10.0. The lowest BCUT2D eigenvalue weighted by molar-refractivity contribution is 0.410. The van der Waals surface area contributed by atoms with Gasteiger partial charge in [0.2, 0.25) is 0 Å². The zero-order valence-electron chi connectivity index (χ0n) is 10.8. The van der Waals surface area contributed by atoms with Gasteiger partial charge in [0.05, 0.1) is 0 Å². The van der Waals surface area contributed by atoms with Crippen LogP contribution < -0.4 is 0 Å². The van der Waals surface area contributed by atoms with Crippen molar-refractivity contribution in [3.63, 3.8) is 0 Å². The molecule has 1 unspecified atom stereocenters. The van der Waals surface area contributed by atoms with Gasteiger partial charge in [0.25, 0.3) is 0 Å². The first-order chi connectivity index (χ1) is 7.86. The number of thiol groups is 1. The third-order valence-corrected chi connectivity index (χ3v) is 2.50. The standard InChI is InChI=1S/C10H14N2.C2H6.CH4S/c1-12-7-5-9(8-12)10-4-2-3-6-11-10;2*1-2/h2-4,6,9H,5,7-8H2,1H3;1-2H3;2H,1H3. The number of pyridine rings is 1. The van der Waals surface area contributed by atoms with E-state index in [2.05, 4.69) is 41.7 Å². The van der Waals surface area contributed by atoms with E-state index < -0.39 is 0 Å². The first-order valence-corrected chi connectivity index (χ1v) is 6.80. The molecule has 0 amide bonds. The van der Waals surface area contributed by atoms with Crippen molar-refractivity contribution >= 4 is 12.6 Å². The Bertz CT molecular complexity index is 251. The number of nitrogens with zero attached hydrogens (tertiary/aromatic N) is 2. The normalized spacial score (nSPS) is 19.2. The molecule has 1 saturated heterocycles. The Morgan fingerprint density at radius 1 is 1.31 bits per heavy atom. The van der Waals surface area contributed by atoms with Crippen LogP contribution in [0.5, 0.6) is 0 Å². The fourth-order valence-corrected chi connectivity index (χ4v) is 1.79. The molecule has 2 heterocycles. The summed E-state index contributed by atoms with van der Waals surface area (Å²) in [4.78, 5) is 6.73. The Kier molecular flexibility index (Phi) is 9.34. The molecule has 0 bridgehead atoms. The largest absolute Gasteiger partial charge is 0.306 e. The average Bonchev–Trinajstić information content (AvgIpc) is 2.82. The lowest BCUT2D eigenvalue weighted by Crippen LogP contribution is -2.13. The van der Waals surface area contributed by atoms with Crippen LogP contribution in [-0.2, 0) is 0 Å². The summed E-state index contributed by atoms with van der Waals surface area (Å²) in [6, 6.07) is 6.17. The molecule has 0 aliphatic carbocycles. The lowest BCUT2D eigenvalue weighted by Gasteiger charge is -2.08. The fourth-order valence-electron chi connectivity index (χ4n) is 1.79. The van der Waals surface area contributed by atoms with Crippen molar-refractivity contribution in [1.82, 2.24) is 9.88 Å². The minimum atomic E-state index is 0.663. The summed E-state index contributed by atoms with van der Waals surface area (Å²) < 4.78 is 0. The zero-order chi connectivity index (χ0) is 12.4. The summed E-state index contributed by atoms with van der Waals surface area (Å²) >= 11 is 3.53. The highest BCUT2D eigenvalue weighted by molar-refractivity contribution is 7.79. The highest BCUT2D eigenvalue weighted by atomic mass is 32.1. The molecule has 1 aliphatic heterocycles. The molecule has 1 fully saturated rings. The Labute approximate surface area is 105 Å². The highest BCUT2D eigenvalue weighted by Crippen LogP contribution is 2.23. The molecule has 2 nitrogen and oxygen atoms in total. The molecule has 0 aromatic carbocycles. The molecule has 92 valence electrons. The van der Waals surface area contributed by atoms with E-state index in [-0.39, 0.29) is 0 Å². The molecule has 1 aromatic heterocycles. The predicted molar refractivity (Wildman–Crippen MR) is 75.4 cm³/mol. The second-order valence-corrected chi connectivity index (χ2v) is 3.50. The van der Waals surface area contributed by atoms with E-state index in [1.165, 1.54) is 18.7 Å². The Hall–Kier alpha value is -0.540. The summed E-state index contributed by atoms with van der Waals surface area (Å²) in [6.07, 6.45) is 4.83. The molecule has 0 radical (unpaired) electrons. The third-order valence-electron chi connectivity index (χ3n) is 2.50. The molecule has 16 heavy (non-hydrogen) atoms.